The highest BCUT2D eigenvalue weighted by molar-refractivity contribution is 5.70. The number of aromatic nitrogens is 2. The molecular weight excluding hydrogens is 223 g/mol. The van der Waals surface area contributed by atoms with Crippen molar-refractivity contribution in [2.75, 3.05) is 0 Å². The summed E-state index contributed by atoms with van der Waals surface area (Å²) >= 11 is 0. The third-order valence-electron chi connectivity index (χ3n) is 2.38. The highest BCUT2D eigenvalue weighted by atomic mass is 19.1. The Balaban J connectivity index is 2.43. The summed E-state index contributed by atoms with van der Waals surface area (Å²) in [5.74, 6) is -1.02. The minimum absolute atomic E-state index is 0.199. The molecule has 0 aliphatic heterocycles. The quantitative estimate of drug-likeness (QED) is 0.855. The lowest BCUT2D eigenvalue weighted by atomic mass is 10.1. The molecule has 4 nitrogen and oxygen atoms in total. The zero-order valence-electron chi connectivity index (χ0n) is 9.20. The van der Waals surface area contributed by atoms with E-state index in [9.17, 15) is 9.18 Å². The predicted octanol–water partition coefficient (Wildman–Crippen LogP) is 2.15. The number of carboxylic acids is 1. The van der Waals surface area contributed by atoms with Gasteiger partial charge in [0.2, 0.25) is 0 Å². The molecule has 0 saturated heterocycles. The van der Waals surface area contributed by atoms with Crippen LogP contribution in [0.4, 0.5) is 4.39 Å². The zero-order chi connectivity index (χ0) is 12.4. The minimum atomic E-state index is -0.973. The summed E-state index contributed by atoms with van der Waals surface area (Å²) in [4.78, 5) is 17.5. The van der Waals surface area contributed by atoms with Gasteiger partial charge >= 0.3 is 5.97 Å². The SMILES string of the molecule is Cc1[nH]c(CC(=O)O)nc1-c1ccccc1F. The van der Waals surface area contributed by atoms with Crippen LogP contribution in [0.5, 0.6) is 0 Å². The van der Waals surface area contributed by atoms with E-state index >= 15 is 0 Å². The van der Waals surface area contributed by atoms with Gasteiger partial charge in [-0.1, -0.05) is 12.1 Å². The Bertz CT molecular complexity index is 563. The van der Waals surface area contributed by atoms with E-state index in [1.54, 1.807) is 25.1 Å². The standard InChI is InChI=1S/C12H11FN2O2/c1-7-12(8-4-2-3-5-9(8)13)15-10(14-7)6-11(16)17/h2-5H,6H2,1H3,(H,14,15)(H,16,17). The van der Waals surface area contributed by atoms with E-state index in [0.29, 0.717) is 22.8 Å². The lowest BCUT2D eigenvalue weighted by Gasteiger charge is -1.99. The Labute approximate surface area is 97.1 Å². The number of H-pyrrole nitrogens is 1. The van der Waals surface area contributed by atoms with Crippen LogP contribution in [0.2, 0.25) is 0 Å². The fraction of sp³-hybridized carbons (Fsp3) is 0.167. The van der Waals surface area contributed by atoms with Crippen molar-refractivity contribution in [3.05, 3.63) is 41.6 Å². The number of aromatic amines is 1. The summed E-state index contributed by atoms with van der Waals surface area (Å²) in [7, 11) is 0. The van der Waals surface area contributed by atoms with Crippen molar-refractivity contribution in [1.29, 1.82) is 0 Å². The van der Waals surface area contributed by atoms with Gasteiger partial charge in [-0.15, -0.1) is 0 Å². The summed E-state index contributed by atoms with van der Waals surface area (Å²) in [5.41, 5.74) is 1.49. The van der Waals surface area contributed by atoms with Crippen molar-refractivity contribution in [3.63, 3.8) is 0 Å². The molecule has 1 aromatic heterocycles. The molecule has 0 aliphatic rings. The molecule has 0 spiro atoms. The second-order valence-corrected chi connectivity index (χ2v) is 3.71. The number of nitrogens with zero attached hydrogens (tertiary/aromatic N) is 1. The van der Waals surface area contributed by atoms with Gasteiger partial charge in [-0.2, -0.15) is 0 Å². The molecule has 0 amide bonds. The fourth-order valence-electron chi connectivity index (χ4n) is 1.66. The van der Waals surface area contributed by atoms with Crippen LogP contribution < -0.4 is 0 Å². The van der Waals surface area contributed by atoms with E-state index in [1.165, 1.54) is 6.07 Å². The van der Waals surface area contributed by atoms with Crippen LogP contribution in [0.25, 0.3) is 11.3 Å². The first kappa shape index (κ1) is 11.3. The minimum Gasteiger partial charge on any atom is -0.481 e. The first-order valence-electron chi connectivity index (χ1n) is 5.10. The number of hydrogen-bond acceptors (Lipinski definition) is 2. The van der Waals surface area contributed by atoms with Gasteiger partial charge in [-0.25, -0.2) is 9.37 Å². The van der Waals surface area contributed by atoms with Gasteiger partial charge in [-0.05, 0) is 19.1 Å². The average Bonchev–Trinajstić information content (AvgIpc) is 2.59. The predicted molar refractivity (Wildman–Crippen MR) is 60.1 cm³/mol. The molecule has 2 rings (SSSR count). The van der Waals surface area contributed by atoms with E-state index in [1.807, 2.05) is 0 Å². The maximum absolute atomic E-state index is 13.6. The molecule has 0 fully saturated rings. The second-order valence-electron chi connectivity index (χ2n) is 3.71. The first-order chi connectivity index (χ1) is 8.08. The maximum Gasteiger partial charge on any atom is 0.311 e. The number of carboxylic acid groups (broad SMARTS) is 1. The Morgan fingerprint density at radius 1 is 1.47 bits per heavy atom. The van der Waals surface area contributed by atoms with E-state index in [4.69, 9.17) is 5.11 Å². The number of aryl methyl sites for hydroxylation is 1. The van der Waals surface area contributed by atoms with Gasteiger partial charge in [0.15, 0.2) is 0 Å². The van der Waals surface area contributed by atoms with Crippen molar-refractivity contribution in [2.24, 2.45) is 0 Å². The molecule has 2 aromatic rings. The molecule has 0 atom stereocenters. The number of nitrogens with one attached hydrogen (secondary N) is 1. The molecule has 0 bridgehead atoms. The number of imidazole rings is 1. The molecule has 2 N–H and O–H groups in total. The van der Waals surface area contributed by atoms with Gasteiger partial charge in [0.05, 0.1) is 5.69 Å². The topological polar surface area (TPSA) is 66.0 Å². The Kier molecular flexibility index (Phi) is 2.91. The van der Waals surface area contributed by atoms with Crippen LogP contribution in [-0.2, 0) is 11.2 Å². The smallest absolute Gasteiger partial charge is 0.311 e. The summed E-state index contributed by atoms with van der Waals surface area (Å²) in [6, 6.07) is 6.27. The Morgan fingerprint density at radius 3 is 2.82 bits per heavy atom. The fourth-order valence-corrected chi connectivity index (χ4v) is 1.66. The largest absolute Gasteiger partial charge is 0.481 e. The molecule has 5 heteroatoms. The Morgan fingerprint density at radius 2 is 2.18 bits per heavy atom. The molecule has 0 aliphatic carbocycles. The second kappa shape index (κ2) is 4.37. The first-order valence-corrected chi connectivity index (χ1v) is 5.10. The molecule has 0 saturated carbocycles. The lowest BCUT2D eigenvalue weighted by Crippen LogP contribution is -2.01. The maximum atomic E-state index is 13.6. The molecule has 88 valence electrons. The van der Waals surface area contributed by atoms with Crippen molar-refractivity contribution in [3.8, 4) is 11.3 Å². The van der Waals surface area contributed by atoms with Gasteiger partial charge in [0, 0.05) is 11.3 Å². The Hall–Kier alpha value is -2.17. The number of halogens is 1. The van der Waals surface area contributed by atoms with E-state index in [-0.39, 0.29) is 12.2 Å². The van der Waals surface area contributed by atoms with Crippen LogP contribution >= 0.6 is 0 Å². The van der Waals surface area contributed by atoms with Crippen LogP contribution in [-0.4, -0.2) is 21.0 Å². The average molecular weight is 234 g/mol. The van der Waals surface area contributed by atoms with E-state index in [0.717, 1.165) is 0 Å². The van der Waals surface area contributed by atoms with Gasteiger partial charge in [-0.3, -0.25) is 4.79 Å². The molecular formula is C12H11FN2O2. The summed E-state index contributed by atoms with van der Waals surface area (Å²) in [6.07, 6.45) is -0.199. The van der Waals surface area contributed by atoms with E-state index in [2.05, 4.69) is 9.97 Å². The van der Waals surface area contributed by atoms with Crippen LogP contribution in [0.15, 0.2) is 24.3 Å². The van der Waals surface area contributed by atoms with Crippen LogP contribution in [0, 0.1) is 12.7 Å². The number of hydrogen-bond donors (Lipinski definition) is 2. The van der Waals surface area contributed by atoms with E-state index < -0.39 is 5.97 Å². The summed E-state index contributed by atoms with van der Waals surface area (Å²) in [6.45, 7) is 1.74. The zero-order valence-corrected chi connectivity index (χ0v) is 9.20. The number of aliphatic carboxylic acids is 1. The normalized spacial score (nSPS) is 10.5. The van der Waals surface area contributed by atoms with Crippen LogP contribution in [0.3, 0.4) is 0 Å². The molecule has 0 unspecified atom stereocenters. The van der Waals surface area contributed by atoms with Crippen LogP contribution in [0.1, 0.15) is 11.5 Å². The molecule has 1 aromatic carbocycles. The van der Waals surface area contributed by atoms with Gasteiger partial charge < -0.3 is 10.1 Å². The monoisotopic (exact) mass is 234 g/mol. The molecule has 17 heavy (non-hydrogen) atoms. The van der Waals surface area contributed by atoms with Crippen molar-refractivity contribution >= 4 is 5.97 Å². The highest BCUT2D eigenvalue weighted by Gasteiger charge is 2.13. The van der Waals surface area contributed by atoms with Crippen molar-refractivity contribution < 1.29 is 14.3 Å². The summed E-state index contributed by atoms with van der Waals surface area (Å²) < 4.78 is 13.6. The van der Waals surface area contributed by atoms with Crippen molar-refractivity contribution in [2.45, 2.75) is 13.3 Å². The number of benzene rings is 1. The summed E-state index contributed by atoms with van der Waals surface area (Å²) in [5, 5.41) is 8.66. The third-order valence-corrected chi connectivity index (χ3v) is 2.38. The van der Waals surface area contributed by atoms with Gasteiger partial charge in [0.25, 0.3) is 0 Å². The highest BCUT2D eigenvalue weighted by Crippen LogP contribution is 2.23. The lowest BCUT2D eigenvalue weighted by molar-refractivity contribution is -0.136. The van der Waals surface area contributed by atoms with Crippen molar-refractivity contribution in [1.82, 2.24) is 9.97 Å². The third kappa shape index (κ3) is 2.33. The number of carbonyl (C=O) groups is 1. The molecule has 1 heterocycles. The molecule has 0 radical (unpaired) electrons. The van der Waals surface area contributed by atoms with Gasteiger partial charge in [0.1, 0.15) is 18.1 Å². The number of rotatable bonds is 3.